The third-order valence-electron chi connectivity index (χ3n) is 5.81. The standard InChI is InChI=1S/C25H21N9O3/c1-15-9-20(26-2)29-12-18(15)37-22-10-17(23-24(32-22)33(4)14-30-23)31-19-6-5-16(11-28-19)25(35)34-7-8-36-13-21(34)27-3/h5-6,9-12,14,21H,7-8,13H2,1,4H3,(H,28,31,32). The Hall–Kier alpha value is -5.07. The lowest BCUT2D eigenvalue weighted by Gasteiger charge is -2.27. The molecule has 0 bridgehead atoms. The second kappa shape index (κ2) is 9.89. The van der Waals surface area contributed by atoms with Crippen LogP contribution in [0.15, 0.2) is 43.0 Å². The lowest BCUT2D eigenvalue weighted by molar-refractivity contribution is 0.0106. The number of hydrogen-bond acceptors (Lipinski definition) is 8. The highest BCUT2D eigenvalue weighted by Crippen LogP contribution is 2.31. The highest BCUT2D eigenvalue weighted by Gasteiger charge is 2.32. The summed E-state index contributed by atoms with van der Waals surface area (Å²) < 4.78 is 13.1. The third kappa shape index (κ3) is 4.74. The first-order chi connectivity index (χ1) is 18.0. The zero-order valence-electron chi connectivity index (χ0n) is 20.0. The topological polar surface area (TPSA) is 116 Å². The van der Waals surface area contributed by atoms with Crippen molar-refractivity contribution in [3.8, 4) is 11.6 Å². The number of fused-ring (bicyclic) bond motifs is 1. The number of rotatable bonds is 5. The van der Waals surface area contributed by atoms with E-state index in [1.807, 2.05) is 14.0 Å². The monoisotopic (exact) mass is 495 g/mol. The van der Waals surface area contributed by atoms with Crippen LogP contribution < -0.4 is 10.1 Å². The molecule has 0 aliphatic carbocycles. The Morgan fingerprint density at radius 1 is 1.22 bits per heavy atom. The fourth-order valence-corrected chi connectivity index (χ4v) is 3.86. The van der Waals surface area contributed by atoms with Gasteiger partial charge in [0.2, 0.25) is 5.88 Å². The number of imidazole rings is 1. The molecule has 4 aromatic heterocycles. The highest BCUT2D eigenvalue weighted by atomic mass is 16.5. The van der Waals surface area contributed by atoms with Gasteiger partial charge in [-0.1, -0.05) is 6.57 Å². The summed E-state index contributed by atoms with van der Waals surface area (Å²) in [5, 5.41) is 3.23. The van der Waals surface area contributed by atoms with Crippen molar-refractivity contribution >= 4 is 34.4 Å². The molecule has 1 unspecified atom stereocenters. The summed E-state index contributed by atoms with van der Waals surface area (Å²) >= 11 is 0. The van der Waals surface area contributed by atoms with Gasteiger partial charge in [0.25, 0.3) is 11.7 Å². The van der Waals surface area contributed by atoms with E-state index in [-0.39, 0.29) is 18.3 Å². The van der Waals surface area contributed by atoms with E-state index in [4.69, 9.17) is 22.6 Å². The Morgan fingerprint density at radius 3 is 2.81 bits per heavy atom. The zero-order chi connectivity index (χ0) is 25.9. The third-order valence-corrected chi connectivity index (χ3v) is 5.81. The van der Waals surface area contributed by atoms with Gasteiger partial charge in [-0.15, -0.1) is 4.98 Å². The van der Waals surface area contributed by atoms with Gasteiger partial charge in [-0.05, 0) is 30.7 Å². The molecule has 0 radical (unpaired) electrons. The number of anilines is 2. The van der Waals surface area contributed by atoms with E-state index in [9.17, 15) is 4.79 Å². The quantitative estimate of drug-likeness (QED) is 0.415. The predicted molar refractivity (Wildman–Crippen MR) is 134 cm³/mol. The maximum Gasteiger partial charge on any atom is 0.324 e. The molecule has 0 saturated carbocycles. The fraction of sp³-hybridized carbons (Fsp3) is 0.240. The van der Waals surface area contributed by atoms with Crippen molar-refractivity contribution in [3.63, 3.8) is 0 Å². The summed E-state index contributed by atoms with van der Waals surface area (Å²) in [6.07, 6.45) is 3.98. The molecular weight excluding hydrogens is 474 g/mol. The molecule has 1 saturated heterocycles. The van der Waals surface area contributed by atoms with Gasteiger partial charge in [0.1, 0.15) is 17.9 Å². The van der Waals surface area contributed by atoms with Gasteiger partial charge in [-0.2, -0.15) is 4.98 Å². The second-order valence-electron chi connectivity index (χ2n) is 8.30. The van der Waals surface area contributed by atoms with E-state index in [0.717, 1.165) is 5.56 Å². The minimum absolute atomic E-state index is 0.203. The number of pyridine rings is 3. The van der Waals surface area contributed by atoms with Gasteiger partial charge >= 0.3 is 6.17 Å². The average molecular weight is 496 g/mol. The Morgan fingerprint density at radius 2 is 2.08 bits per heavy atom. The smallest absolute Gasteiger partial charge is 0.324 e. The molecule has 1 aliphatic rings. The van der Waals surface area contributed by atoms with E-state index in [0.29, 0.717) is 53.0 Å². The number of nitrogens with one attached hydrogen (secondary N) is 1. The molecule has 1 aliphatic heterocycles. The molecule has 12 heteroatoms. The van der Waals surface area contributed by atoms with Crippen LogP contribution in [0.3, 0.4) is 0 Å². The van der Waals surface area contributed by atoms with E-state index in [1.165, 1.54) is 17.3 Å². The Balaban J connectivity index is 1.40. The van der Waals surface area contributed by atoms with E-state index in [2.05, 4.69) is 34.9 Å². The van der Waals surface area contributed by atoms with Crippen LogP contribution in [0.4, 0.5) is 17.3 Å². The number of morpholine rings is 1. The molecule has 5 heterocycles. The van der Waals surface area contributed by atoms with Crippen molar-refractivity contribution in [2.45, 2.75) is 13.1 Å². The van der Waals surface area contributed by atoms with Crippen LogP contribution in [0.2, 0.25) is 0 Å². The van der Waals surface area contributed by atoms with Crippen LogP contribution in [0.25, 0.3) is 20.9 Å². The summed E-state index contributed by atoms with van der Waals surface area (Å²) in [7, 11) is 1.83. The predicted octanol–water partition coefficient (Wildman–Crippen LogP) is 3.87. The van der Waals surface area contributed by atoms with Crippen LogP contribution in [0.5, 0.6) is 11.6 Å². The van der Waals surface area contributed by atoms with Crippen molar-refractivity contribution in [1.29, 1.82) is 0 Å². The SMILES string of the molecule is [C-]#[N+]c1cc(C)c(Oc2cc(Nc3ccc(C(=O)N4CCOCC4[N+]#[C-])cn3)c3ncn(C)c3n2)cn1. The average Bonchev–Trinajstić information content (AvgIpc) is 3.30. The number of aromatic nitrogens is 5. The van der Waals surface area contributed by atoms with Crippen LogP contribution in [0.1, 0.15) is 15.9 Å². The summed E-state index contributed by atoms with van der Waals surface area (Å²) in [6, 6.07) is 6.70. The van der Waals surface area contributed by atoms with Crippen molar-refractivity contribution in [2.75, 3.05) is 25.1 Å². The number of carbonyl (C=O) groups excluding carboxylic acids is 1. The largest absolute Gasteiger partial charge is 0.435 e. The Bertz CT molecular complexity index is 1570. The minimum atomic E-state index is -0.636. The zero-order valence-corrected chi connectivity index (χ0v) is 20.0. The molecule has 1 N–H and O–H groups in total. The van der Waals surface area contributed by atoms with Gasteiger partial charge in [-0.25, -0.2) is 16.5 Å². The number of hydrogen-bond donors (Lipinski definition) is 1. The van der Waals surface area contributed by atoms with E-state index in [1.54, 1.807) is 35.2 Å². The minimum Gasteiger partial charge on any atom is -0.435 e. The van der Waals surface area contributed by atoms with Gasteiger partial charge in [-0.3, -0.25) is 14.5 Å². The number of aryl methyl sites for hydroxylation is 2. The van der Waals surface area contributed by atoms with Crippen molar-refractivity contribution in [1.82, 2.24) is 29.4 Å². The van der Waals surface area contributed by atoms with E-state index < -0.39 is 6.17 Å². The Kier molecular flexibility index (Phi) is 6.32. The summed E-state index contributed by atoms with van der Waals surface area (Å²) in [5.74, 6) is 1.30. The molecule has 12 nitrogen and oxygen atoms in total. The Labute approximate surface area is 212 Å². The molecule has 0 aromatic carbocycles. The number of ether oxygens (including phenoxy) is 2. The van der Waals surface area contributed by atoms with Crippen molar-refractivity contribution < 1.29 is 14.3 Å². The highest BCUT2D eigenvalue weighted by molar-refractivity contribution is 5.95. The molecular formula is C25H21N9O3. The normalized spacial score (nSPS) is 15.1. The molecule has 0 spiro atoms. The van der Waals surface area contributed by atoms with Gasteiger partial charge in [0, 0.05) is 19.3 Å². The van der Waals surface area contributed by atoms with Gasteiger partial charge < -0.3 is 24.2 Å². The van der Waals surface area contributed by atoms with Gasteiger partial charge in [0.05, 0.1) is 30.7 Å². The molecule has 37 heavy (non-hydrogen) atoms. The van der Waals surface area contributed by atoms with E-state index >= 15 is 0 Å². The molecule has 1 atom stereocenters. The van der Waals surface area contributed by atoms with Crippen molar-refractivity contribution in [3.05, 3.63) is 76.9 Å². The van der Waals surface area contributed by atoms with Gasteiger partial charge in [0.15, 0.2) is 17.6 Å². The maximum absolute atomic E-state index is 12.9. The molecule has 184 valence electrons. The molecule has 4 aromatic rings. The van der Waals surface area contributed by atoms with Crippen molar-refractivity contribution in [2.24, 2.45) is 7.05 Å². The molecule has 1 amide bonds. The first kappa shape index (κ1) is 23.7. The van der Waals surface area contributed by atoms with Crippen LogP contribution in [0, 0.1) is 20.1 Å². The van der Waals surface area contributed by atoms with Crippen LogP contribution >= 0.6 is 0 Å². The lowest BCUT2D eigenvalue weighted by atomic mass is 10.2. The first-order valence-electron chi connectivity index (χ1n) is 11.3. The van der Waals surface area contributed by atoms with Crippen LogP contribution in [-0.2, 0) is 11.8 Å². The fourth-order valence-electron chi connectivity index (χ4n) is 3.86. The second-order valence-corrected chi connectivity index (χ2v) is 8.30. The summed E-state index contributed by atoms with van der Waals surface area (Å²) in [4.78, 5) is 38.7. The van der Waals surface area contributed by atoms with Crippen LogP contribution in [-0.4, -0.2) is 61.2 Å². The first-order valence-corrected chi connectivity index (χ1v) is 11.3. The molecule has 1 fully saturated rings. The number of nitrogens with zero attached hydrogens (tertiary/aromatic N) is 8. The molecule has 5 rings (SSSR count). The summed E-state index contributed by atoms with van der Waals surface area (Å²) in [6.45, 7) is 17.2. The lowest BCUT2D eigenvalue weighted by Crippen LogP contribution is -2.47. The summed E-state index contributed by atoms with van der Waals surface area (Å²) in [5.41, 5.74) is 2.95. The maximum atomic E-state index is 12.9. The number of amides is 1. The number of carbonyl (C=O) groups is 1.